The van der Waals surface area contributed by atoms with Crippen LogP contribution in [0.4, 0.5) is 0 Å². The van der Waals surface area contributed by atoms with E-state index in [9.17, 15) is 4.79 Å². The number of amides is 1. The molecule has 68 valence electrons. The summed E-state index contributed by atoms with van der Waals surface area (Å²) in [7, 11) is 0. The van der Waals surface area contributed by atoms with E-state index in [2.05, 4.69) is 22.1 Å². The molecule has 1 amide bonds. The average molecular weight is 193 g/mol. The molecule has 2 aliphatic rings. The third-order valence-corrected chi connectivity index (χ3v) is 3.93. The molecule has 1 aromatic rings. The van der Waals surface area contributed by atoms with E-state index in [-0.39, 0.29) is 5.91 Å². The Labute approximate surface area is 81.0 Å². The Morgan fingerprint density at radius 1 is 1.46 bits per heavy atom. The van der Waals surface area contributed by atoms with Crippen LogP contribution >= 0.6 is 11.3 Å². The van der Waals surface area contributed by atoms with Crippen molar-refractivity contribution in [3.8, 4) is 0 Å². The predicted octanol–water partition coefficient (Wildman–Crippen LogP) is 1.74. The Kier molecular flexibility index (Phi) is 1.50. The Bertz CT molecular complexity index is 333. The first-order chi connectivity index (χ1) is 6.34. The van der Waals surface area contributed by atoms with Crippen LogP contribution in [-0.4, -0.2) is 11.9 Å². The van der Waals surface area contributed by atoms with E-state index < -0.39 is 0 Å². The minimum absolute atomic E-state index is 0.275. The first-order valence-electron chi connectivity index (χ1n) is 4.67. The SMILES string of the molecule is O=C1N[C@H]2C[C@@H]1C[C@@H]2c1ccsc1. The summed E-state index contributed by atoms with van der Waals surface area (Å²) in [6.07, 6.45) is 2.12. The molecule has 0 unspecified atom stereocenters. The minimum atomic E-state index is 0.275. The van der Waals surface area contributed by atoms with Crippen molar-refractivity contribution in [2.24, 2.45) is 5.92 Å². The van der Waals surface area contributed by atoms with Crippen molar-refractivity contribution >= 4 is 17.2 Å². The third-order valence-electron chi connectivity index (χ3n) is 3.23. The Morgan fingerprint density at radius 3 is 2.92 bits per heavy atom. The third kappa shape index (κ3) is 1.03. The van der Waals surface area contributed by atoms with Crippen LogP contribution in [-0.2, 0) is 4.79 Å². The monoisotopic (exact) mass is 193 g/mol. The zero-order valence-corrected chi connectivity index (χ0v) is 8.01. The largest absolute Gasteiger partial charge is 0.352 e. The summed E-state index contributed by atoms with van der Waals surface area (Å²) in [5.74, 6) is 1.17. The molecular weight excluding hydrogens is 182 g/mol. The molecule has 0 aromatic carbocycles. The molecule has 3 rings (SSSR count). The normalized spacial score (nSPS) is 36.6. The first kappa shape index (κ1) is 7.56. The summed E-state index contributed by atoms with van der Waals surface area (Å²) < 4.78 is 0. The highest BCUT2D eigenvalue weighted by molar-refractivity contribution is 7.08. The molecule has 3 atom stereocenters. The second-order valence-corrected chi connectivity index (χ2v) is 4.73. The van der Waals surface area contributed by atoms with Gasteiger partial charge in [-0.15, -0.1) is 0 Å². The lowest BCUT2D eigenvalue weighted by atomic mass is 9.93. The fourth-order valence-electron chi connectivity index (χ4n) is 2.57. The standard InChI is InChI=1S/C10H11NOS/c12-10-7-3-8(9(4-7)11-10)6-1-2-13-5-6/h1-2,5,7-9H,3-4H2,(H,11,12)/t7-,8+,9-/m0/s1. The van der Waals surface area contributed by atoms with Gasteiger partial charge in [0.05, 0.1) is 0 Å². The van der Waals surface area contributed by atoms with Gasteiger partial charge in [0.2, 0.25) is 5.91 Å². The molecule has 1 aromatic heterocycles. The lowest BCUT2D eigenvalue weighted by Crippen LogP contribution is -2.35. The molecule has 1 saturated carbocycles. The van der Waals surface area contributed by atoms with Crippen molar-refractivity contribution in [3.05, 3.63) is 22.4 Å². The summed E-state index contributed by atoms with van der Waals surface area (Å²) in [6.45, 7) is 0. The molecule has 13 heavy (non-hydrogen) atoms. The predicted molar refractivity (Wildman–Crippen MR) is 51.7 cm³/mol. The van der Waals surface area contributed by atoms with Crippen LogP contribution in [0.5, 0.6) is 0 Å². The number of carbonyl (C=O) groups is 1. The van der Waals surface area contributed by atoms with E-state index in [1.165, 1.54) is 5.56 Å². The van der Waals surface area contributed by atoms with Crippen molar-refractivity contribution < 1.29 is 4.79 Å². The summed E-state index contributed by atoms with van der Waals surface area (Å²) in [4.78, 5) is 11.2. The highest BCUT2D eigenvalue weighted by atomic mass is 32.1. The summed E-state index contributed by atoms with van der Waals surface area (Å²) in [5, 5.41) is 7.38. The number of carbonyl (C=O) groups excluding carboxylic acids is 1. The zero-order chi connectivity index (χ0) is 8.84. The van der Waals surface area contributed by atoms with Crippen molar-refractivity contribution in [1.29, 1.82) is 0 Å². The second kappa shape index (κ2) is 2.58. The summed E-state index contributed by atoms with van der Waals surface area (Å²) in [5.41, 5.74) is 1.41. The average Bonchev–Trinajstić information content (AvgIpc) is 2.75. The molecule has 0 radical (unpaired) electrons. The number of piperidine rings is 1. The van der Waals surface area contributed by atoms with E-state index >= 15 is 0 Å². The Hall–Kier alpha value is -0.830. The minimum Gasteiger partial charge on any atom is -0.352 e. The molecule has 2 bridgehead atoms. The van der Waals surface area contributed by atoms with Gasteiger partial charge in [-0.25, -0.2) is 0 Å². The van der Waals surface area contributed by atoms with Crippen LogP contribution in [0.2, 0.25) is 0 Å². The van der Waals surface area contributed by atoms with Crippen molar-refractivity contribution in [2.45, 2.75) is 24.8 Å². The van der Waals surface area contributed by atoms with Crippen LogP contribution in [0.25, 0.3) is 0 Å². The topological polar surface area (TPSA) is 29.1 Å². The Morgan fingerprint density at radius 2 is 2.38 bits per heavy atom. The second-order valence-electron chi connectivity index (χ2n) is 3.95. The van der Waals surface area contributed by atoms with Crippen molar-refractivity contribution in [3.63, 3.8) is 0 Å². The number of hydrogen-bond acceptors (Lipinski definition) is 2. The first-order valence-corrected chi connectivity index (χ1v) is 5.61. The summed E-state index contributed by atoms with van der Waals surface area (Å²) >= 11 is 1.74. The maximum absolute atomic E-state index is 11.2. The highest BCUT2D eigenvalue weighted by Crippen LogP contribution is 2.43. The molecule has 2 nitrogen and oxygen atoms in total. The number of fused-ring (bicyclic) bond motifs is 2. The van der Waals surface area contributed by atoms with E-state index in [1.54, 1.807) is 11.3 Å². The smallest absolute Gasteiger partial charge is 0.223 e. The zero-order valence-electron chi connectivity index (χ0n) is 7.19. The lowest BCUT2D eigenvalue weighted by molar-refractivity contribution is -0.123. The lowest BCUT2D eigenvalue weighted by Gasteiger charge is -2.21. The van der Waals surface area contributed by atoms with Crippen LogP contribution in [0.1, 0.15) is 24.3 Å². The van der Waals surface area contributed by atoms with Gasteiger partial charge in [0.15, 0.2) is 0 Å². The van der Waals surface area contributed by atoms with Gasteiger partial charge in [0, 0.05) is 17.9 Å². The van der Waals surface area contributed by atoms with Gasteiger partial charge in [-0.2, -0.15) is 11.3 Å². The van der Waals surface area contributed by atoms with E-state index in [1.807, 2.05) is 0 Å². The van der Waals surface area contributed by atoms with Crippen LogP contribution in [0.3, 0.4) is 0 Å². The van der Waals surface area contributed by atoms with E-state index in [0.717, 1.165) is 12.8 Å². The van der Waals surface area contributed by atoms with Crippen LogP contribution in [0, 0.1) is 5.92 Å². The maximum atomic E-state index is 11.2. The highest BCUT2D eigenvalue weighted by Gasteiger charge is 2.45. The Balaban J connectivity index is 1.87. The van der Waals surface area contributed by atoms with E-state index in [4.69, 9.17) is 0 Å². The number of hydrogen-bond donors (Lipinski definition) is 1. The van der Waals surface area contributed by atoms with Crippen LogP contribution in [0.15, 0.2) is 16.8 Å². The van der Waals surface area contributed by atoms with Gasteiger partial charge in [-0.3, -0.25) is 4.79 Å². The molecule has 1 aliphatic heterocycles. The molecule has 0 spiro atoms. The molecular formula is C10H11NOS. The fourth-order valence-corrected chi connectivity index (χ4v) is 3.29. The molecule has 1 N–H and O–H groups in total. The van der Waals surface area contributed by atoms with Crippen molar-refractivity contribution in [1.82, 2.24) is 5.32 Å². The molecule has 2 fully saturated rings. The molecule has 2 heterocycles. The maximum Gasteiger partial charge on any atom is 0.223 e. The van der Waals surface area contributed by atoms with Gasteiger partial charge < -0.3 is 5.32 Å². The molecule has 3 heteroatoms. The fraction of sp³-hybridized carbons (Fsp3) is 0.500. The summed E-state index contributed by atoms with van der Waals surface area (Å²) in [6, 6.07) is 2.61. The van der Waals surface area contributed by atoms with E-state index in [0.29, 0.717) is 17.9 Å². The quantitative estimate of drug-likeness (QED) is 0.723. The number of rotatable bonds is 1. The van der Waals surface area contributed by atoms with Gasteiger partial charge in [-0.05, 0) is 35.2 Å². The number of nitrogens with one attached hydrogen (secondary N) is 1. The van der Waals surface area contributed by atoms with Crippen molar-refractivity contribution in [2.75, 3.05) is 0 Å². The van der Waals surface area contributed by atoms with Crippen LogP contribution < -0.4 is 5.32 Å². The number of thiophene rings is 1. The van der Waals surface area contributed by atoms with Gasteiger partial charge in [-0.1, -0.05) is 0 Å². The molecule has 1 saturated heterocycles. The van der Waals surface area contributed by atoms with Gasteiger partial charge >= 0.3 is 0 Å². The molecule has 1 aliphatic carbocycles. The van der Waals surface area contributed by atoms with Gasteiger partial charge in [0.1, 0.15) is 0 Å². The van der Waals surface area contributed by atoms with Gasteiger partial charge in [0.25, 0.3) is 0 Å².